The van der Waals surface area contributed by atoms with E-state index in [9.17, 15) is 9.50 Å². The van der Waals surface area contributed by atoms with Gasteiger partial charge in [-0.1, -0.05) is 6.07 Å². The van der Waals surface area contributed by atoms with E-state index in [-0.39, 0.29) is 12.4 Å². The third kappa shape index (κ3) is 2.80. The molecule has 21 heavy (non-hydrogen) atoms. The number of hydrogen-bond donors (Lipinski definition) is 1. The van der Waals surface area contributed by atoms with Crippen molar-refractivity contribution in [2.24, 2.45) is 0 Å². The van der Waals surface area contributed by atoms with Crippen molar-refractivity contribution in [1.29, 1.82) is 0 Å². The van der Waals surface area contributed by atoms with E-state index in [0.29, 0.717) is 5.56 Å². The molecule has 110 valence electrons. The summed E-state index contributed by atoms with van der Waals surface area (Å²) in [7, 11) is 0. The van der Waals surface area contributed by atoms with E-state index in [1.54, 1.807) is 24.5 Å². The summed E-state index contributed by atoms with van der Waals surface area (Å²) in [6.45, 7) is 2.74. The second-order valence-electron chi connectivity index (χ2n) is 4.92. The number of rotatable bonds is 3. The van der Waals surface area contributed by atoms with Crippen LogP contribution in [0.4, 0.5) is 16.0 Å². The number of benzene rings is 1. The Hall–Kier alpha value is -2.21. The van der Waals surface area contributed by atoms with E-state index in [1.165, 1.54) is 6.07 Å². The lowest BCUT2D eigenvalue weighted by molar-refractivity contribution is 0.276. The van der Waals surface area contributed by atoms with Crippen LogP contribution < -0.4 is 9.80 Å². The minimum Gasteiger partial charge on any atom is -0.391 e. The van der Waals surface area contributed by atoms with Gasteiger partial charge in [-0.05, 0) is 18.2 Å². The van der Waals surface area contributed by atoms with Crippen LogP contribution in [-0.4, -0.2) is 41.3 Å². The Morgan fingerprint density at radius 3 is 2.33 bits per heavy atom. The molecule has 1 saturated heterocycles. The van der Waals surface area contributed by atoms with Crippen molar-refractivity contribution in [3.05, 3.63) is 48.0 Å². The van der Waals surface area contributed by atoms with Gasteiger partial charge in [-0.3, -0.25) is 0 Å². The maximum atomic E-state index is 13.7. The second kappa shape index (κ2) is 6.05. The number of hydrogen-bond acceptors (Lipinski definition) is 5. The summed E-state index contributed by atoms with van der Waals surface area (Å²) in [5, 5.41) is 9.36. The molecule has 0 amide bonds. The highest BCUT2D eigenvalue weighted by Gasteiger charge is 2.21. The van der Waals surface area contributed by atoms with Crippen LogP contribution in [0.3, 0.4) is 0 Å². The molecular formula is C15H17FN4O. The molecule has 2 aromatic rings. The molecule has 1 fully saturated rings. The van der Waals surface area contributed by atoms with Crippen LogP contribution in [-0.2, 0) is 6.61 Å². The van der Waals surface area contributed by atoms with Gasteiger partial charge in [0, 0.05) is 49.8 Å². The molecule has 0 atom stereocenters. The molecule has 5 nitrogen and oxygen atoms in total. The van der Waals surface area contributed by atoms with Gasteiger partial charge in [0.05, 0.1) is 6.61 Å². The summed E-state index contributed by atoms with van der Waals surface area (Å²) in [6, 6.07) is 6.70. The Balaban J connectivity index is 1.73. The Labute approximate surface area is 122 Å². The average molecular weight is 288 g/mol. The zero-order valence-corrected chi connectivity index (χ0v) is 11.6. The summed E-state index contributed by atoms with van der Waals surface area (Å²) < 4.78 is 13.7. The molecule has 3 rings (SSSR count). The molecule has 1 aromatic carbocycles. The predicted molar refractivity (Wildman–Crippen MR) is 78.8 cm³/mol. The highest BCUT2D eigenvalue weighted by atomic mass is 19.1. The van der Waals surface area contributed by atoms with Gasteiger partial charge in [0.25, 0.3) is 0 Å². The van der Waals surface area contributed by atoms with Crippen molar-refractivity contribution in [3.8, 4) is 0 Å². The van der Waals surface area contributed by atoms with Crippen LogP contribution in [0.25, 0.3) is 0 Å². The number of aliphatic hydroxyl groups excluding tert-OH is 1. The molecule has 2 heterocycles. The van der Waals surface area contributed by atoms with Crippen molar-refractivity contribution in [2.75, 3.05) is 36.0 Å². The molecule has 0 unspecified atom stereocenters. The van der Waals surface area contributed by atoms with Crippen LogP contribution >= 0.6 is 0 Å². The molecule has 0 saturated carbocycles. The van der Waals surface area contributed by atoms with Crippen LogP contribution in [0.15, 0.2) is 36.7 Å². The van der Waals surface area contributed by atoms with E-state index in [0.717, 1.165) is 37.8 Å². The molecular weight excluding hydrogens is 271 g/mol. The zero-order chi connectivity index (χ0) is 14.7. The molecule has 0 radical (unpaired) electrons. The van der Waals surface area contributed by atoms with Gasteiger partial charge in [0.2, 0.25) is 5.95 Å². The largest absolute Gasteiger partial charge is 0.391 e. The van der Waals surface area contributed by atoms with E-state index >= 15 is 0 Å². The van der Waals surface area contributed by atoms with Crippen molar-refractivity contribution < 1.29 is 9.50 Å². The number of piperazine rings is 1. The fraction of sp³-hybridized carbons (Fsp3) is 0.333. The van der Waals surface area contributed by atoms with Crippen LogP contribution in [0.2, 0.25) is 0 Å². The average Bonchev–Trinajstić information content (AvgIpc) is 2.55. The first kappa shape index (κ1) is 13.8. The lowest BCUT2D eigenvalue weighted by atomic mass is 10.1. The monoisotopic (exact) mass is 288 g/mol. The standard InChI is InChI=1S/C15H17FN4O/c16-13-3-1-4-14(12(13)11-21)19-7-9-20(10-8-19)15-17-5-2-6-18-15/h1-6,21H,7-11H2. The van der Waals surface area contributed by atoms with Gasteiger partial charge in [0.15, 0.2) is 0 Å². The summed E-state index contributed by atoms with van der Waals surface area (Å²) in [5.74, 6) is 0.364. The Morgan fingerprint density at radius 2 is 1.67 bits per heavy atom. The lowest BCUT2D eigenvalue weighted by Gasteiger charge is -2.36. The van der Waals surface area contributed by atoms with Crippen LogP contribution in [0, 0.1) is 5.82 Å². The summed E-state index contributed by atoms with van der Waals surface area (Å²) >= 11 is 0. The first-order valence-electron chi connectivity index (χ1n) is 6.95. The smallest absolute Gasteiger partial charge is 0.225 e. The maximum absolute atomic E-state index is 13.7. The van der Waals surface area contributed by atoms with Crippen molar-refractivity contribution in [2.45, 2.75) is 6.61 Å². The molecule has 0 bridgehead atoms. The Kier molecular flexibility index (Phi) is 3.96. The molecule has 1 N–H and O–H groups in total. The number of aliphatic hydroxyl groups is 1. The first-order chi connectivity index (χ1) is 10.3. The fourth-order valence-electron chi connectivity index (χ4n) is 2.60. The predicted octanol–water partition coefficient (Wildman–Crippen LogP) is 1.43. The summed E-state index contributed by atoms with van der Waals surface area (Å²) in [6.07, 6.45) is 3.45. The highest BCUT2D eigenvalue weighted by molar-refractivity contribution is 5.55. The molecule has 1 aliphatic rings. The Bertz CT molecular complexity index is 600. The summed E-state index contributed by atoms with van der Waals surface area (Å²) in [4.78, 5) is 12.7. The fourth-order valence-corrected chi connectivity index (χ4v) is 2.60. The summed E-state index contributed by atoms with van der Waals surface area (Å²) in [5.41, 5.74) is 1.13. The first-order valence-corrected chi connectivity index (χ1v) is 6.95. The normalized spacial score (nSPS) is 15.3. The topological polar surface area (TPSA) is 52.5 Å². The molecule has 6 heteroatoms. The minimum absolute atomic E-state index is 0.288. The van der Waals surface area contributed by atoms with Crippen molar-refractivity contribution >= 4 is 11.6 Å². The quantitative estimate of drug-likeness (QED) is 0.926. The third-order valence-corrected chi connectivity index (χ3v) is 3.71. The minimum atomic E-state index is -0.358. The number of aromatic nitrogens is 2. The zero-order valence-electron chi connectivity index (χ0n) is 11.6. The number of halogens is 1. The number of nitrogens with zero attached hydrogens (tertiary/aromatic N) is 4. The molecule has 1 aliphatic heterocycles. The molecule has 1 aromatic heterocycles. The van der Waals surface area contributed by atoms with Gasteiger partial charge in [-0.25, -0.2) is 14.4 Å². The third-order valence-electron chi connectivity index (χ3n) is 3.71. The van der Waals surface area contributed by atoms with Gasteiger partial charge < -0.3 is 14.9 Å². The van der Waals surface area contributed by atoms with E-state index < -0.39 is 0 Å². The van der Waals surface area contributed by atoms with Crippen molar-refractivity contribution in [3.63, 3.8) is 0 Å². The number of anilines is 2. The van der Waals surface area contributed by atoms with E-state index in [4.69, 9.17) is 0 Å². The van der Waals surface area contributed by atoms with Gasteiger partial charge >= 0.3 is 0 Å². The van der Waals surface area contributed by atoms with Gasteiger partial charge in [-0.15, -0.1) is 0 Å². The van der Waals surface area contributed by atoms with E-state index in [2.05, 4.69) is 19.8 Å². The van der Waals surface area contributed by atoms with Gasteiger partial charge in [0.1, 0.15) is 5.82 Å². The van der Waals surface area contributed by atoms with Gasteiger partial charge in [-0.2, -0.15) is 0 Å². The molecule has 0 aliphatic carbocycles. The van der Waals surface area contributed by atoms with Crippen LogP contribution in [0.5, 0.6) is 0 Å². The van der Waals surface area contributed by atoms with Crippen molar-refractivity contribution in [1.82, 2.24) is 9.97 Å². The SMILES string of the molecule is OCc1c(F)cccc1N1CCN(c2ncccn2)CC1. The lowest BCUT2D eigenvalue weighted by Crippen LogP contribution is -2.47. The van der Waals surface area contributed by atoms with E-state index in [1.807, 2.05) is 6.07 Å². The highest BCUT2D eigenvalue weighted by Crippen LogP contribution is 2.25. The molecule has 0 spiro atoms. The second-order valence-corrected chi connectivity index (χ2v) is 4.92. The Morgan fingerprint density at radius 1 is 1.00 bits per heavy atom. The van der Waals surface area contributed by atoms with Crippen LogP contribution in [0.1, 0.15) is 5.56 Å². The maximum Gasteiger partial charge on any atom is 0.225 e.